The van der Waals surface area contributed by atoms with Crippen LogP contribution in [0.3, 0.4) is 0 Å². The molecule has 4 aromatic carbocycles. The van der Waals surface area contributed by atoms with E-state index in [0.717, 1.165) is 16.7 Å². The van der Waals surface area contributed by atoms with E-state index in [-0.39, 0.29) is 6.61 Å². The summed E-state index contributed by atoms with van der Waals surface area (Å²) >= 11 is 3.58. The number of carbonyl (C=O) groups is 2. The third kappa shape index (κ3) is 6.78. The number of cyclic esters (lactones) is 1. The molecule has 8 heteroatoms. The molecule has 1 N–H and O–H groups in total. The van der Waals surface area contributed by atoms with Gasteiger partial charge in [-0.25, -0.2) is 9.59 Å². The quantitative estimate of drug-likeness (QED) is 0.213. The molecule has 0 radical (unpaired) electrons. The summed E-state index contributed by atoms with van der Waals surface area (Å²) < 4.78 is 23.9. The molecule has 4 aromatic rings. The van der Waals surface area contributed by atoms with Crippen LogP contribution >= 0.6 is 15.9 Å². The summed E-state index contributed by atoms with van der Waals surface area (Å²) in [6.45, 7) is 0.717. The fraction of sp³-hybridized carbons (Fsp3) is 0.161. The van der Waals surface area contributed by atoms with Crippen LogP contribution in [0.5, 0.6) is 11.5 Å². The van der Waals surface area contributed by atoms with Crippen LogP contribution in [0, 0.1) is 0 Å². The van der Waals surface area contributed by atoms with Crippen molar-refractivity contribution in [3.05, 3.63) is 130 Å². The van der Waals surface area contributed by atoms with E-state index >= 15 is 0 Å². The Morgan fingerprint density at radius 3 is 1.77 bits per heavy atom. The van der Waals surface area contributed by atoms with Gasteiger partial charge < -0.3 is 24.3 Å². The van der Waals surface area contributed by atoms with Crippen molar-refractivity contribution in [1.82, 2.24) is 5.32 Å². The second-order valence-electron chi connectivity index (χ2n) is 8.91. The summed E-state index contributed by atoms with van der Waals surface area (Å²) in [7, 11) is 0. The van der Waals surface area contributed by atoms with Crippen LogP contribution in [-0.4, -0.2) is 18.1 Å². The summed E-state index contributed by atoms with van der Waals surface area (Å²) in [5.74, 6) is 0.357. The maximum atomic E-state index is 13.0. The molecule has 5 rings (SSSR count). The summed E-state index contributed by atoms with van der Waals surface area (Å²) in [4.78, 5) is 25.2. The van der Waals surface area contributed by atoms with Gasteiger partial charge in [0.2, 0.25) is 0 Å². The maximum Gasteiger partial charge on any atom is 0.408 e. The van der Waals surface area contributed by atoms with Gasteiger partial charge in [-0.3, -0.25) is 0 Å². The first-order chi connectivity index (χ1) is 19.1. The Bertz CT molecular complexity index is 1420. The number of benzene rings is 4. The van der Waals surface area contributed by atoms with Crippen LogP contribution < -0.4 is 14.8 Å². The number of esters is 1. The predicted octanol–water partition coefficient (Wildman–Crippen LogP) is 6.50. The van der Waals surface area contributed by atoms with E-state index in [1.54, 1.807) is 12.1 Å². The number of alkyl carbamates (subject to hydrolysis) is 1. The van der Waals surface area contributed by atoms with E-state index in [2.05, 4.69) is 21.2 Å². The van der Waals surface area contributed by atoms with Gasteiger partial charge in [-0.1, -0.05) is 107 Å². The van der Waals surface area contributed by atoms with E-state index in [4.69, 9.17) is 18.9 Å². The third-order valence-electron chi connectivity index (χ3n) is 6.13. The number of rotatable bonds is 10. The zero-order valence-corrected chi connectivity index (χ0v) is 22.5. The second kappa shape index (κ2) is 12.5. The number of hydrogen-bond acceptors (Lipinski definition) is 6. The molecule has 198 valence electrons. The van der Waals surface area contributed by atoms with Crippen LogP contribution in [0.1, 0.15) is 28.4 Å². The number of ether oxygens (including phenoxy) is 4. The molecule has 1 aliphatic heterocycles. The molecule has 7 nitrogen and oxygen atoms in total. The molecule has 1 fully saturated rings. The number of nitrogens with one attached hydrogen (secondary N) is 1. The summed E-state index contributed by atoms with van der Waals surface area (Å²) in [5.41, 5.74) is 3.37. The predicted molar refractivity (Wildman–Crippen MR) is 148 cm³/mol. The van der Waals surface area contributed by atoms with Crippen molar-refractivity contribution in [3.63, 3.8) is 0 Å². The maximum absolute atomic E-state index is 13.0. The molecular weight excluding hydrogens is 562 g/mol. The summed E-state index contributed by atoms with van der Waals surface area (Å²) in [6, 6.07) is 31.3. The van der Waals surface area contributed by atoms with Gasteiger partial charge in [0.1, 0.15) is 19.8 Å². The molecule has 1 amide bonds. The first-order valence-electron chi connectivity index (χ1n) is 12.4. The first-order valence-corrected chi connectivity index (χ1v) is 13.2. The molecular formula is C31H26BrNO6. The zero-order chi connectivity index (χ0) is 27.0. The van der Waals surface area contributed by atoms with Crippen molar-refractivity contribution in [1.29, 1.82) is 0 Å². The van der Waals surface area contributed by atoms with Crippen molar-refractivity contribution in [2.24, 2.45) is 0 Å². The SMILES string of the molecule is O=C1NC(C(=O)OCc2ccccc2)C(c2cc(OCc3ccccc3)c(OCc3ccccc3)cc2Br)O1. The van der Waals surface area contributed by atoms with Crippen molar-refractivity contribution in [2.45, 2.75) is 32.0 Å². The van der Waals surface area contributed by atoms with Crippen molar-refractivity contribution in [2.75, 3.05) is 0 Å². The minimum atomic E-state index is -1.03. The molecule has 0 saturated carbocycles. The zero-order valence-electron chi connectivity index (χ0n) is 20.9. The molecule has 1 heterocycles. The van der Waals surface area contributed by atoms with Crippen LogP contribution in [-0.2, 0) is 34.1 Å². The van der Waals surface area contributed by atoms with Crippen molar-refractivity contribution in [3.8, 4) is 11.5 Å². The lowest BCUT2D eigenvalue weighted by Crippen LogP contribution is -2.37. The Kier molecular flexibility index (Phi) is 8.43. The van der Waals surface area contributed by atoms with Gasteiger partial charge in [-0.05, 0) is 28.8 Å². The van der Waals surface area contributed by atoms with Crippen LogP contribution in [0.15, 0.2) is 108 Å². The summed E-state index contributed by atoms with van der Waals surface area (Å²) in [6.07, 6.45) is -1.64. The Hall–Kier alpha value is -4.30. The van der Waals surface area contributed by atoms with Gasteiger partial charge in [0.25, 0.3) is 0 Å². The largest absolute Gasteiger partial charge is 0.485 e. The monoisotopic (exact) mass is 587 g/mol. The topological polar surface area (TPSA) is 83.1 Å². The lowest BCUT2D eigenvalue weighted by Gasteiger charge is -2.20. The second-order valence-corrected chi connectivity index (χ2v) is 9.76. The molecule has 39 heavy (non-hydrogen) atoms. The highest BCUT2D eigenvalue weighted by Crippen LogP contribution is 2.40. The van der Waals surface area contributed by atoms with Crippen molar-refractivity contribution >= 4 is 28.0 Å². The van der Waals surface area contributed by atoms with Gasteiger partial charge in [0, 0.05) is 10.0 Å². The van der Waals surface area contributed by atoms with Gasteiger partial charge in [-0.2, -0.15) is 0 Å². The van der Waals surface area contributed by atoms with E-state index in [1.807, 2.05) is 91.0 Å². The Labute approximate surface area is 234 Å². The number of hydrogen-bond donors (Lipinski definition) is 1. The molecule has 2 unspecified atom stereocenters. The van der Waals surface area contributed by atoms with Crippen LogP contribution in [0.25, 0.3) is 0 Å². The smallest absolute Gasteiger partial charge is 0.408 e. The Morgan fingerprint density at radius 2 is 1.23 bits per heavy atom. The van der Waals surface area contributed by atoms with Gasteiger partial charge >= 0.3 is 12.1 Å². The number of halogens is 1. The Morgan fingerprint density at radius 1 is 0.744 bits per heavy atom. The molecule has 0 aromatic heterocycles. The fourth-order valence-electron chi connectivity index (χ4n) is 4.13. The first kappa shape index (κ1) is 26.3. The van der Waals surface area contributed by atoms with E-state index < -0.39 is 24.2 Å². The molecule has 0 aliphatic carbocycles. The van der Waals surface area contributed by atoms with E-state index in [0.29, 0.717) is 34.7 Å². The van der Waals surface area contributed by atoms with Crippen LogP contribution in [0.4, 0.5) is 4.79 Å². The average Bonchev–Trinajstić information content (AvgIpc) is 3.37. The molecule has 0 bridgehead atoms. The lowest BCUT2D eigenvalue weighted by atomic mass is 10.0. The van der Waals surface area contributed by atoms with E-state index in [9.17, 15) is 9.59 Å². The van der Waals surface area contributed by atoms with Gasteiger partial charge in [0.05, 0.1) is 0 Å². The third-order valence-corrected chi connectivity index (χ3v) is 6.82. The molecule has 0 spiro atoms. The minimum Gasteiger partial charge on any atom is -0.485 e. The van der Waals surface area contributed by atoms with Crippen LogP contribution in [0.2, 0.25) is 0 Å². The van der Waals surface area contributed by atoms with Gasteiger partial charge in [-0.15, -0.1) is 0 Å². The number of amides is 1. The highest BCUT2D eigenvalue weighted by atomic mass is 79.9. The number of carbonyl (C=O) groups excluding carboxylic acids is 2. The highest BCUT2D eigenvalue weighted by Gasteiger charge is 2.42. The van der Waals surface area contributed by atoms with Crippen molar-refractivity contribution < 1.29 is 28.5 Å². The highest BCUT2D eigenvalue weighted by molar-refractivity contribution is 9.10. The summed E-state index contributed by atoms with van der Waals surface area (Å²) in [5, 5.41) is 2.58. The average molecular weight is 588 g/mol. The fourth-order valence-corrected chi connectivity index (χ4v) is 4.68. The standard InChI is InChI=1S/C31H26BrNO6/c32-25-17-27(37-19-22-12-6-2-7-13-22)26(36-18-21-10-4-1-5-11-21)16-24(25)29-28(33-31(35)39-29)30(34)38-20-23-14-8-3-9-15-23/h1-17,28-29H,18-20H2,(H,33,35). The minimum absolute atomic E-state index is 0.0810. The molecule has 2 atom stereocenters. The van der Waals surface area contributed by atoms with E-state index in [1.165, 1.54) is 0 Å². The molecule has 1 aliphatic rings. The Balaban J connectivity index is 1.39. The van der Waals surface area contributed by atoms with Gasteiger partial charge in [0.15, 0.2) is 23.6 Å². The molecule has 1 saturated heterocycles. The lowest BCUT2D eigenvalue weighted by molar-refractivity contribution is -0.148. The normalized spacial score (nSPS) is 16.2.